The molecule has 0 atom stereocenters. The van der Waals surface area contributed by atoms with Crippen LogP contribution in [-0.2, 0) is 0 Å². The number of fused-ring (bicyclic) bond motifs is 7. The van der Waals surface area contributed by atoms with Gasteiger partial charge in [0.05, 0.1) is 16.7 Å². The standard InChI is InChI=1S/C52H34N2O/c1-2-17-40(18-3-1)53(41-27-25-35-13-4-5-14-37(35)32-41)48-22-9-6-19-43(48)39-16-12-15-36(31-39)38-26-30-50-47(33-38)44-20-7-10-23-49(44)54(50)42-28-29-46-45-21-8-11-24-51(45)55-52(46)34-42/h1-34H. The molecule has 0 saturated carbocycles. The highest BCUT2D eigenvalue weighted by Gasteiger charge is 2.19. The van der Waals surface area contributed by atoms with Crippen molar-refractivity contribution < 1.29 is 4.42 Å². The number of hydrogen-bond donors (Lipinski definition) is 0. The fourth-order valence-corrected chi connectivity index (χ4v) is 8.38. The molecule has 0 amide bonds. The van der Waals surface area contributed by atoms with Crippen LogP contribution in [0.3, 0.4) is 0 Å². The van der Waals surface area contributed by atoms with Crippen molar-refractivity contribution >= 4 is 71.6 Å². The van der Waals surface area contributed by atoms with E-state index < -0.39 is 0 Å². The van der Waals surface area contributed by atoms with E-state index in [2.05, 4.69) is 204 Å². The molecule has 0 bridgehead atoms. The number of nitrogens with zero attached hydrogens (tertiary/aromatic N) is 2. The van der Waals surface area contributed by atoms with Gasteiger partial charge in [-0.2, -0.15) is 0 Å². The Bertz CT molecular complexity index is 3220. The van der Waals surface area contributed by atoms with E-state index in [9.17, 15) is 0 Å². The maximum absolute atomic E-state index is 6.31. The third-order valence-electron chi connectivity index (χ3n) is 11.0. The van der Waals surface area contributed by atoms with Gasteiger partial charge in [0.25, 0.3) is 0 Å². The molecule has 11 rings (SSSR count). The summed E-state index contributed by atoms with van der Waals surface area (Å²) < 4.78 is 8.67. The molecule has 2 aromatic heterocycles. The maximum atomic E-state index is 6.31. The molecule has 0 aliphatic rings. The van der Waals surface area contributed by atoms with Crippen LogP contribution >= 0.6 is 0 Å². The van der Waals surface area contributed by atoms with E-state index in [0.29, 0.717) is 0 Å². The van der Waals surface area contributed by atoms with Crippen molar-refractivity contribution in [1.29, 1.82) is 0 Å². The molecule has 0 N–H and O–H groups in total. The smallest absolute Gasteiger partial charge is 0.137 e. The lowest BCUT2D eigenvalue weighted by Crippen LogP contribution is -2.11. The quantitative estimate of drug-likeness (QED) is 0.172. The van der Waals surface area contributed by atoms with Gasteiger partial charge in [0, 0.05) is 50.2 Å². The Morgan fingerprint density at radius 2 is 1.07 bits per heavy atom. The second-order valence-electron chi connectivity index (χ2n) is 14.2. The third-order valence-corrected chi connectivity index (χ3v) is 11.0. The molecule has 3 nitrogen and oxygen atoms in total. The minimum Gasteiger partial charge on any atom is -0.456 e. The van der Waals surface area contributed by atoms with Crippen molar-refractivity contribution in [3.63, 3.8) is 0 Å². The minimum absolute atomic E-state index is 0.893. The Balaban J connectivity index is 1.03. The van der Waals surface area contributed by atoms with Crippen LogP contribution in [0.1, 0.15) is 0 Å². The normalized spacial score (nSPS) is 11.6. The number of para-hydroxylation sites is 4. The zero-order valence-electron chi connectivity index (χ0n) is 29.9. The summed E-state index contributed by atoms with van der Waals surface area (Å²) in [6, 6.07) is 74.0. The lowest BCUT2D eigenvalue weighted by atomic mass is 9.96. The Kier molecular flexibility index (Phi) is 7.17. The number of furan rings is 1. The molecule has 0 radical (unpaired) electrons. The minimum atomic E-state index is 0.893. The van der Waals surface area contributed by atoms with Crippen LogP contribution in [-0.4, -0.2) is 4.57 Å². The molecule has 2 heterocycles. The van der Waals surface area contributed by atoms with Crippen molar-refractivity contribution in [2.24, 2.45) is 0 Å². The van der Waals surface area contributed by atoms with Crippen molar-refractivity contribution in [2.75, 3.05) is 4.90 Å². The average molecular weight is 703 g/mol. The number of anilines is 3. The molecule has 0 aliphatic carbocycles. The Labute approximate surface area is 318 Å². The van der Waals surface area contributed by atoms with E-state index in [4.69, 9.17) is 4.42 Å². The van der Waals surface area contributed by atoms with Crippen LogP contribution < -0.4 is 4.90 Å². The SMILES string of the molecule is c1ccc(N(c2ccc3ccccc3c2)c2ccccc2-c2cccc(-c3ccc4c(c3)c3ccccc3n4-c3ccc4c(c3)oc3ccccc34)c2)cc1. The van der Waals surface area contributed by atoms with Crippen molar-refractivity contribution in [1.82, 2.24) is 4.57 Å². The van der Waals surface area contributed by atoms with Gasteiger partial charge in [-0.25, -0.2) is 0 Å². The molecule has 3 heteroatoms. The maximum Gasteiger partial charge on any atom is 0.137 e. The Morgan fingerprint density at radius 1 is 0.364 bits per heavy atom. The first-order valence-electron chi connectivity index (χ1n) is 18.8. The summed E-state index contributed by atoms with van der Waals surface area (Å²) in [7, 11) is 0. The summed E-state index contributed by atoms with van der Waals surface area (Å²) in [6.07, 6.45) is 0. The van der Waals surface area contributed by atoms with Crippen molar-refractivity contribution in [3.8, 4) is 27.9 Å². The number of hydrogen-bond acceptors (Lipinski definition) is 2. The number of rotatable bonds is 6. The van der Waals surface area contributed by atoms with E-state index >= 15 is 0 Å². The van der Waals surface area contributed by atoms with Crippen LogP contribution in [0.2, 0.25) is 0 Å². The largest absolute Gasteiger partial charge is 0.456 e. The molecule has 258 valence electrons. The topological polar surface area (TPSA) is 21.3 Å². The van der Waals surface area contributed by atoms with E-state index in [-0.39, 0.29) is 0 Å². The molecule has 9 aromatic carbocycles. The van der Waals surface area contributed by atoms with E-state index in [1.165, 1.54) is 43.8 Å². The van der Waals surface area contributed by atoms with Gasteiger partial charge in [-0.1, -0.05) is 127 Å². The van der Waals surface area contributed by atoms with Gasteiger partial charge in [-0.3, -0.25) is 0 Å². The second kappa shape index (κ2) is 12.6. The fraction of sp³-hybridized carbons (Fsp3) is 0. The van der Waals surface area contributed by atoms with E-state index in [1.807, 2.05) is 12.1 Å². The predicted octanol–water partition coefficient (Wildman–Crippen LogP) is 14.6. The predicted molar refractivity (Wildman–Crippen MR) is 231 cm³/mol. The number of aromatic nitrogens is 1. The molecule has 0 unspecified atom stereocenters. The zero-order chi connectivity index (χ0) is 36.3. The molecule has 55 heavy (non-hydrogen) atoms. The summed E-state index contributed by atoms with van der Waals surface area (Å²) in [6.45, 7) is 0. The monoisotopic (exact) mass is 702 g/mol. The first kappa shape index (κ1) is 31.2. The van der Waals surface area contributed by atoms with Gasteiger partial charge in [-0.05, 0) is 100 Å². The zero-order valence-corrected chi connectivity index (χ0v) is 29.9. The van der Waals surface area contributed by atoms with Crippen LogP contribution in [0.15, 0.2) is 211 Å². The van der Waals surface area contributed by atoms with Gasteiger partial charge in [-0.15, -0.1) is 0 Å². The van der Waals surface area contributed by atoms with Gasteiger partial charge in [0.1, 0.15) is 11.2 Å². The van der Waals surface area contributed by atoms with Crippen LogP contribution in [0, 0.1) is 0 Å². The van der Waals surface area contributed by atoms with Crippen LogP contribution in [0.4, 0.5) is 17.1 Å². The summed E-state index contributed by atoms with van der Waals surface area (Å²) in [5, 5.41) is 7.16. The average Bonchev–Trinajstić information content (AvgIpc) is 3.79. The fourth-order valence-electron chi connectivity index (χ4n) is 8.38. The summed E-state index contributed by atoms with van der Waals surface area (Å²) in [5.41, 5.74) is 13.3. The first-order chi connectivity index (χ1) is 27.3. The number of benzene rings is 9. The summed E-state index contributed by atoms with van der Waals surface area (Å²) >= 11 is 0. The molecule has 0 aliphatic heterocycles. The first-order valence-corrected chi connectivity index (χ1v) is 18.8. The highest BCUT2D eigenvalue weighted by Crippen LogP contribution is 2.43. The van der Waals surface area contributed by atoms with Gasteiger partial charge < -0.3 is 13.9 Å². The van der Waals surface area contributed by atoms with Gasteiger partial charge >= 0.3 is 0 Å². The summed E-state index contributed by atoms with van der Waals surface area (Å²) in [5.74, 6) is 0. The lowest BCUT2D eigenvalue weighted by Gasteiger charge is -2.28. The van der Waals surface area contributed by atoms with Crippen molar-refractivity contribution in [3.05, 3.63) is 206 Å². The molecule has 0 fully saturated rings. The van der Waals surface area contributed by atoms with Crippen LogP contribution in [0.25, 0.3) is 82.5 Å². The summed E-state index contributed by atoms with van der Waals surface area (Å²) in [4.78, 5) is 2.37. The third kappa shape index (κ3) is 5.20. The molecular formula is C52H34N2O. The Hall–Kier alpha value is -7.36. The molecule has 11 aromatic rings. The van der Waals surface area contributed by atoms with Crippen LogP contribution in [0.5, 0.6) is 0 Å². The highest BCUT2D eigenvalue weighted by atomic mass is 16.3. The lowest BCUT2D eigenvalue weighted by molar-refractivity contribution is 0.668. The van der Waals surface area contributed by atoms with E-state index in [1.54, 1.807) is 0 Å². The van der Waals surface area contributed by atoms with Gasteiger partial charge in [0.2, 0.25) is 0 Å². The van der Waals surface area contributed by atoms with Crippen molar-refractivity contribution in [2.45, 2.75) is 0 Å². The molecular weight excluding hydrogens is 669 g/mol. The van der Waals surface area contributed by atoms with Gasteiger partial charge in [0.15, 0.2) is 0 Å². The molecule has 0 saturated heterocycles. The van der Waals surface area contributed by atoms with E-state index in [0.717, 1.165) is 55.8 Å². The highest BCUT2D eigenvalue weighted by molar-refractivity contribution is 6.11. The second-order valence-corrected chi connectivity index (χ2v) is 14.2. The Morgan fingerprint density at radius 3 is 2.00 bits per heavy atom. The molecule has 0 spiro atoms.